The molecule has 1 aromatic heterocycles. The predicted octanol–water partition coefficient (Wildman–Crippen LogP) is 2.84. The van der Waals surface area contributed by atoms with Crippen molar-refractivity contribution in [3.05, 3.63) is 36.2 Å². The smallest absolute Gasteiger partial charge is 0.397 e. The molecule has 15 heavy (non-hydrogen) atoms. The highest BCUT2D eigenvalue weighted by Crippen LogP contribution is 2.32. The molecule has 0 bridgehead atoms. The van der Waals surface area contributed by atoms with Gasteiger partial charge in [-0.15, -0.1) is 0 Å². The lowest BCUT2D eigenvalue weighted by atomic mass is 10.1. The van der Waals surface area contributed by atoms with Crippen LogP contribution in [0.3, 0.4) is 0 Å². The molecule has 0 fully saturated rings. The molecule has 1 heterocycles. The van der Waals surface area contributed by atoms with Crippen LogP contribution in [0.15, 0.2) is 30.6 Å². The molecule has 0 amide bonds. The summed E-state index contributed by atoms with van der Waals surface area (Å²) in [5.74, 6) is 0. The Morgan fingerprint density at radius 1 is 1.13 bits per heavy atom. The van der Waals surface area contributed by atoms with Crippen LogP contribution in [-0.4, -0.2) is 4.98 Å². The van der Waals surface area contributed by atoms with Gasteiger partial charge in [-0.05, 0) is 12.1 Å². The molecule has 0 saturated heterocycles. The fraction of sp³-hybridized carbons (Fsp3) is 0.100. The van der Waals surface area contributed by atoms with Gasteiger partial charge in [0.1, 0.15) is 0 Å². The van der Waals surface area contributed by atoms with Crippen LogP contribution < -0.4 is 5.73 Å². The average Bonchev–Trinajstić information content (AvgIpc) is 2.16. The third kappa shape index (κ3) is 1.72. The van der Waals surface area contributed by atoms with Crippen LogP contribution in [0.2, 0.25) is 0 Å². The Morgan fingerprint density at radius 2 is 1.87 bits per heavy atom. The molecule has 0 atom stereocenters. The number of hydrogen-bond acceptors (Lipinski definition) is 2. The van der Waals surface area contributed by atoms with Crippen molar-refractivity contribution in [1.82, 2.24) is 4.98 Å². The number of halogens is 3. The minimum Gasteiger partial charge on any atom is -0.397 e. The molecule has 0 radical (unpaired) electrons. The minimum atomic E-state index is -4.33. The number of anilines is 1. The highest BCUT2D eigenvalue weighted by Gasteiger charge is 2.30. The van der Waals surface area contributed by atoms with Crippen molar-refractivity contribution in [2.75, 3.05) is 5.73 Å². The lowest BCUT2D eigenvalue weighted by Gasteiger charge is -2.08. The summed E-state index contributed by atoms with van der Waals surface area (Å²) >= 11 is 0. The van der Waals surface area contributed by atoms with Gasteiger partial charge in [-0.3, -0.25) is 4.98 Å². The Kier molecular flexibility index (Phi) is 2.03. The van der Waals surface area contributed by atoms with Crippen molar-refractivity contribution in [3.63, 3.8) is 0 Å². The zero-order valence-corrected chi connectivity index (χ0v) is 7.55. The second-order valence-electron chi connectivity index (χ2n) is 3.16. The van der Waals surface area contributed by atoms with Gasteiger partial charge in [-0.1, -0.05) is 6.07 Å². The fourth-order valence-corrected chi connectivity index (χ4v) is 1.38. The normalized spacial score (nSPS) is 11.9. The van der Waals surface area contributed by atoms with Crippen molar-refractivity contribution in [2.24, 2.45) is 0 Å². The molecule has 0 aliphatic heterocycles. The monoisotopic (exact) mass is 212 g/mol. The Bertz CT molecular complexity index is 505. The third-order valence-electron chi connectivity index (χ3n) is 2.12. The summed E-state index contributed by atoms with van der Waals surface area (Å²) in [6.07, 6.45) is -1.56. The molecule has 1 aromatic carbocycles. The van der Waals surface area contributed by atoms with E-state index in [1.807, 2.05) is 0 Å². The highest BCUT2D eigenvalue weighted by molar-refractivity contribution is 5.92. The van der Waals surface area contributed by atoms with Gasteiger partial charge < -0.3 is 5.73 Å². The Hall–Kier alpha value is -1.78. The largest absolute Gasteiger partial charge is 0.416 e. The summed E-state index contributed by atoms with van der Waals surface area (Å²) < 4.78 is 37.1. The molecule has 2 rings (SSSR count). The van der Waals surface area contributed by atoms with Crippen molar-refractivity contribution in [3.8, 4) is 0 Å². The topological polar surface area (TPSA) is 38.9 Å². The molecular weight excluding hydrogens is 205 g/mol. The van der Waals surface area contributed by atoms with Gasteiger partial charge in [0.05, 0.1) is 17.4 Å². The van der Waals surface area contributed by atoms with E-state index in [1.165, 1.54) is 18.5 Å². The van der Waals surface area contributed by atoms with Gasteiger partial charge >= 0.3 is 6.18 Å². The fourth-order valence-electron chi connectivity index (χ4n) is 1.38. The van der Waals surface area contributed by atoms with E-state index in [9.17, 15) is 13.2 Å². The number of nitrogen functional groups attached to an aromatic ring is 1. The lowest BCUT2D eigenvalue weighted by molar-refractivity contribution is -0.137. The lowest BCUT2D eigenvalue weighted by Crippen LogP contribution is -2.04. The van der Waals surface area contributed by atoms with Crippen LogP contribution in [0.4, 0.5) is 18.9 Å². The maximum absolute atomic E-state index is 12.4. The van der Waals surface area contributed by atoms with Gasteiger partial charge in [0, 0.05) is 17.0 Å². The Morgan fingerprint density at radius 3 is 2.53 bits per heavy atom. The van der Waals surface area contributed by atoms with Crippen molar-refractivity contribution < 1.29 is 13.2 Å². The zero-order chi connectivity index (χ0) is 11.1. The molecule has 0 unspecified atom stereocenters. The zero-order valence-electron chi connectivity index (χ0n) is 7.55. The molecule has 2 aromatic rings. The van der Waals surface area contributed by atoms with Crippen LogP contribution in [0, 0.1) is 0 Å². The van der Waals surface area contributed by atoms with Crippen molar-refractivity contribution in [1.29, 1.82) is 0 Å². The first-order valence-corrected chi connectivity index (χ1v) is 4.19. The van der Waals surface area contributed by atoms with Crippen LogP contribution in [0.25, 0.3) is 10.8 Å². The molecule has 0 saturated carbocycles. The summed E-state index contributed by atoms with van der Waals surface area (Å²) in [7, 11) is 0. The van der Waals surface area contributed by atoms with E-state index in [2.05, 4.69) is 4.98 Å². The number of benzene rings is 1. The van der Waals surface area contributed by atoms with Crippen molar-refractivity contribution in [2.45, 2.75) is 6.18 Å². The van der Waals surface area contributed by atoms with Gasteiger partial charge in [-0.2, -0.15) is 13.2 Å². The number of aromatic nitrogens is 1. The van der Waals surface area contributed by atoms with Gasteiger partial charge in [0.25, 0.3) is 0 Å². The van der Waals surface area contributed by atoms with Crippen LogP contribution in [-0.2, 0) is 6.18 Å². The SMILES string of the molecule is Nc1cncc2cc(C(F)(F)F)ccc12. The summed E-state index contributed by atoms with van der Waals surface area (Å²) in [5.41, 5.74) is 5.26. The van der Waals surface area contributed by atoms with Crippen molar-refractivity contribution >= 4 is 16.5 Å². The Balaban J connectivity index is 2.68. The number of nitrogens with two attached hydrogens (primary N) is 1. The molecular formula is C10H7F3N2. The summed E-state index contributed by atoms with van der Waals surface area (Å²) in [5, 5.41) is 0.975. The van der Waals surface area contributed by atoms with E-state index in [4.69, 9.17) is 5.73 Å². The molecule has 0 aliphatic rings. The standard InChI is InChI=1S/C10H7F3N2/c11-10(12,13)7-1-2-8-6(3-7)4-15-5-9(8)14/h1-5H,14H2. The second kappa shape index (κ2) is 3.12. The number of hydrogen-bond donors (Lipinski definition) is 1. The maximum atomic E-state index is 12.4. The first-order valence-electron chi connectivity index (χ1n) is 4.19. The highest BCUT2D eigenvalue weighted by atomic mass is 19.4. The quantitative estimate of drug-likeness (QED) is 0.729. The number of rotatable bonds is 0. The minimum absolute atomic E-state index is 0.376. The molecule has 0 aliphatic carbocycles. The van der Waals surface area contributed by atoms with E-state index in [0.29, 0.717) is 16.5 Å². The van der Waals surface area contributed by atoms with Crippen LogP contribution in [0.5, 0.6) is 0 Å². The predicted molar refractivity (Wildman–Crippen MR) is 51.2 cm³/mol. The van der Waals surface area contributed by atoms with E-state index >= 15 is 0 Å². The summed E-state index contributed by atoms with van der Waals surface area (Å²) in [6, 6.07) is 3.41. The first kappa shape index (κ1) is 9.76. The van der Waals surface area contributed by atoms with E-state index < -0.39 is 11.7 Å². The average molecular weight is 212 g/mol. The number of fused-ring (bicyclic) bond motifs is 1. The van der Waals surface area contributed by atoms with Gasteiger partial charge in [0.2, 0.25) is 0 Å². The van der Waals surface area contributed by atoms with Gasteiger partial charge in [0.15, 0.2) is 0 Å². The third-order valence-corrected chi connectivity index (χ3v) is 2.12. The number of alkyl halides is 3. The van der Waals surface area contributed by atoms with Gasteiger partial charge in [-0.25, -0.2) is 0 Å². The van der Waals surface area contributed by atoms with E-state index in [0.717, 1.165) is 12.1 Å². The summed E-state index contributed by atoms with van der Waals surface area (Å²) in [4.78, 5) is 3.74. The number of pyridine rings is 1. The molecule has 0 spiro atoms. The molecule has 78 valence electrons. The van der Waals surface area contributed by atoms with E-state index in [1.54, 1.807) is 0 Å². The Labute approximate surface area is 83.5 Å². The molecule has 2 nitrogen and oxygen atoms in total. The summed E-state index contributed by atoms with van der Waals surface area (Å²) in [6.45, 7) is 0. The maximum Gasteiger partial charge on any atom is 0.416 e. The molecule has 2 N–H and O–H groups in total. The molecule has 5 heteroatoms. The van der Waals surface area contributed by atoms with E-state index in [-0.39, 0.29) is 0 Å². The second-order valence-corrected chi connectivity index (χ2v) is 3.16. The van der Waals surface area contributed by atoms with Crippen LogP contribution in [0.1, 0.15) is 5.56 Å². The first-order chi connectivity index (χ1) is 6.98. The number of nitrogens with zero attached hydrogens (tertiary/aromatic N) is 1. The van der Waals surface area contributed by atoms with Crippen LogP contribution >= 0.6 is 0 Å².